The number of carbonyl (C=O) groups excluding carboxylic acids is 1. The summed E-state index contributed by atoms with van der Waals surface area (Å²) in [6, 6.07) is 7.90. The number of nitrogens with zero attached hydrogens (tertiary/aromatic N) is 2. The molecule has 3 rings (SSSR count). The van der Waals surface area contributed by atoms with Gasteiger partial charge in [-0.2, -0.15) is 0 Å². The van der Waals surface area contributed by atoms with Gasteiger partial charge < -0.3 is 15.2 Å². The number of hydrogen-bond acceptors (Lipinski definition) is 5. The second kappa shape index (κ2) is 9.23. The fourth-order valence-electron chi connectivity index (χ4n) is 2.84. The minimum atomic E-state index is -3.83. The predicted octanol–water partition coefficient (Wildman–Crippen LogP) is 3.12. The molecule has 1 aromatic carbocycles. The Morgan fingerprint density at radius 1 is 1.25 bits per heavy atom. The fraction of sp³-hybridized carbons (Fsp3) is 0.238. The third-order valence-corrected chi connectivity index (χ3v) is 5.68. The second-order valence-corrected chi connectivity index (χ2v) is 8.98. The normalized spacial score (nSPS) is 11.0. The van der Waals surface area contributed by atoms with E-state index in [4.69, 9.17) is 0 Å². The molecule has 0 radical (unpaired) electrons. The molecule has 32 heavy (non-hydrogen) atoms. The van der Waals surface area contributed by atoms with E-state index in [2.05, 4.69) is 27.2 Å². The average Bonchev–Trinajstić information content (AvgIpc) is 3.11. The molecule has 2 heterocycles. The van der Waals surface area contributed by atoms with Crippen LogP contribution in [0.5, 0.6) is 0 Å². The molecule has 0 aliphatic rings. The summed E-state index contributed by atoms with van der Waals surface area (Å²) >= 11 is 0. The van der Waals surface area contributed by atoms with Crippen molar-refractivity contribution in [2.45, 2.75) is 13.3 Å². The topological polar surface area (TPSA) is 107 Å². The zero-order valence-corrected chi connectivity index (χ0v) is 18.4. The van der Waals surface area contributed by atoms with Crippen molar-refractivity contribution in [2.75, 3.05) is 29.9 Å². The van der Waals surface area contributed by atoms with E-state index in [1.165, 1.54) is 6.20 Å². The Bertz CT molecular complexity index is 1340. The molecule has 168 valence electrons. The highest BCUT2D eigenvalue weighted by Crippen LogP contribution is 2.24. The second-order valence-electron chi connectivity index (χ2n) is 7.14. The molecule has 0 spiro atoms. The standard InChI is InChI=1S/C21H21F2N5O3S/c1-4-9-32(30,31)27-17-6-5-16(22)18(19(17)23)21(29)26-15-11-13-10-14(7-8-28(2)3)25-20(13)24-12-15/h5-6,10-12,27H,4,9H2,1-3H3,(H,24,25)(H,26,29). The summed E-state index contributed by atoms with van der Waals surface area (Å²) in [5.74, 6) is -0.854. The van der Waals surface area contributed by atoms with E-state index in [1.807, 2.05) is 4.72 Å². The lowest BCUT2D eigenvalue weighted by molar-refractivity contribution is 0.101. The molecule has 0 saturated heterocycles. The van der Waals surface area contributed by atoms with Crippen LogP contribution in [0.4, 0.5) is 20.2 Å². The summed E-state index contributed by atoms with van der Waals surface area (Å²) in [6.07, 6.45) is 1.63. The number of H-pyrrole nitrogens is 1. The number of carbonyl (C=O) groups is 1. The number of anilines is 2. The molecular weight excluding hydrogens is 440 g/mol. The highest BCUT2D eigenvalue weighted by Gasteiger charge is 2.23. The van der Waals surface area contributed by atoms with E-state index in [0.29, 0.717) is 23.1 Å². The maximum atomic E-state index is 14.8. The monoisotopic (exact) mass is 461 g/mol. The Morgan fingerprint density at radius 3 is 2.69 bits per heavy atom. The molecule has 2 aromatic heterocycles. The maximum absolute atomic E-state index is 14.8. The molecule has 0 unspecified atom stereocenters. The summed E-state index contributed by atoms with van der Waals surface area (Å²) in [6.45, 7) is 1.65. The minimum absolute atomic E-state index is 0.199. The first-order valence-electron chi connectivity index (χ1n) is 9.57. The van der Waals surface area contributed by atoms with Crippen molar-refractivity contribution in [1.29, 1.82) is 0 Å². The number of benzene rings is 1. The number of nitrogens with one attached hydrogen (secondary N) is 3. The van der Waals surface area contributed by atoms with Gasteiger partial charge in [0.05, 0.1) is 29.0 Å². The van der Waals surface area contributed by atoms with Crippen LogP contribution in [-0.4, -0.2) is 49.0 Å². The van der Waals surface area contributed by atoms with Gasteiger partial charge in [0.25, 0.3) is 5.91 Å². The van der Waals surface area contributed by atoms with Gasteiger partial charge >= 0.3 is 0 Å². The van der Waals surface area contributed by atoms with Crippen LogP contribution in [-0.2, 0) is 10.0 Å². The maximum Gasteiger partial charge on any atom is 0.261 e. The Hall–Kier alpha value is -3.65. The molecule has 3 aromatic rings. The summed E-state index contributed by atoms with van der Waals surface area (Å²) in [7, 11) is -0.235. The summed E-state index contributed by atoms with van der Waals surface area (Å²) in [5.41, 5.74) is -0.0873. The molecular formula is C21H21F2N5O3S. The molecule has 3 N–H and O–H groups in total. The van der Waals surface area contributed by atoms with Crippen LogP contribution in [0.15, 0.2) is 30.5 Å². The largest absolute Gasteiger partial charge is 0.338 e. The fourth-order valence-corrected chi connectivity index (χ4v) is 3.98. The number of halogens is 2. The molecule has 0 saturated carbocycles. The van der Waals surface area contributed by atoms with Crippen LogP contribution < -0.4 is 10.0 Å². The number of rotatable bonds is 6. The van der Waals surface area contributed by atoms with Gasteiger partial charge in [0.1, 0.15) is 17.0 Å². The Balaban J connectivity index is 1.87. The number of hydrogen-bond donors (Lipinski definition) is 3. The number of fused-ring (bicyclic) bond motifs is 1. The quantitative estimate of drug-likeness (QED) is 0.386. The molecule has 0 aliphatic carbocycles. The van der Waals surface area contributed by atoms with Crippen molar-refractivity contribution in [3.05, 3.63) is 53.4 Å². The SMILES string of the molecule is CCCS(=O)(=O)Nc1ccc(F)c(C(=O)Nc2cnc3[nH]c(C#CN(C)C)cc3c2)c1F. The van der Waals surface area contributed by atoms with Gasteiger partial charge in [-0.1, -0.05) is 6.92 Å². The van der Waals surface area contributed by atoms with Crippen molar-refractivity contribution in [1.82, 2.24) is 14.9 Å². The average molecular weight is 461 g/mol. The van der Waals surface area contributed by atoms with Gasteiger partial charge in [-0.3, -0.25) is 9.52 Å². The Morgan fingerprint density at radius 2 is 2.00 bits per heavy atom. The first-order valence-corrected chi connectivity index (χ1v) is 11.2. The number of pyridine rings is 1. The lowest BCUT2D eigenvalue weighted by Gasteiger charge is -2.12. The van der Waals surface area contributed by atoms with Crippen molar-refractivity contribution >= 4 is 38.3 Å². The number of aromatic nitrogens is 2. The van der Waals surface area contributed by atoms with Crippen LogP contribution in [0.1, 0.15) is 29.4 Å². The van der Waals surface area contributed by atoms with E-state index < -0.39 is 38.8 Å². The van der Waals surface area contributed by atoms with Crippen molar-refractivity contribution in [3.8, 4) is 12.0 Å². The first kappa shape index (κ1) is 23.0. The number of sulfonamides is 1. The Kier molecular flexibility index (Phi) is 6.64. The molecule has 11 heteroatoms. The van der Waals surface area contributed by atoms with Gasteiger partial charge in [-0.25, -0.2) is 22.2 Å². The van der Waals surface area contributed by atoms with E-state index in [9.17, 15) is 22.0 Å². The molecule has 1 amide bonds. The van der Waals surface area contributed by atoms with E-state index in [-0.39, 0.29) is 11.4 Å². The van der Waals surface area contributed by atoms with Crippen molar-refractivity contribution in [2.24, 2.45) is 0 Å². The van der Waals surface area contributed by atoms with E-state index >= 15 is 0 Å². The van der Waals surface area contributed by atoms with Crippen LogP contribution in [0, 0.1) is 23.6 Å². The van der Waals surface area contributed by atoms with Gasteiger partial charge in [0.15, 0.2) is 5.82 Å². The number of aromatic amines is 1. The van der Waals surface area contributed by atoms with Crippen LogP contribution in [0.25, 0.3) is 11.0 Å². The summed E-state index contributed by atoms with van der Waals surface area (Å²) in [4.78, 5) is 21.5. The molecule has 0 aliphatic heterocycles. The minimum Gasteiger partial charge on any atom is -0.338 e. The zero-order chi connectivity index (χ0) is 23.5. The van der Waals surface area contributed by atoms with Crippen molar-refractivity contribution in [3.63, 3.8) is 0 Å². The zero-order valence-electron chi connectivity index (χ0n) is 17.6. The molecule has 0 atom stereocenters. The van der Waals surface area contributed by atoms with Gasteiger partial charge in [-0.05, 0) is 36.6 Å². The third-order valence-electron chi connectivity index (χ3n) is 4.20. The highest BCUT2D eigenvalue weighted by atomic mass is 32.2. The van der Waals surface area contributed by atoms with Crippen LogP contribution in [0.3, 0.4) is 0 Å². The van der Waals surface area contributed by atoms with Gasteiger partial charge in [-0.15, -0.1) is 0 Å². The first-order chi connectivity index (χ1) is 15.1. The summed E-state index contributed by atoms with van der Waals surface area (Å²) < 4.78 is 54.9. The summed E-state index contributed by atoms with van der Waals surface area (Å²) in [5, 5.41) is 3.02. The molecule has 0 bridgehead atoms. The van der Waals surface area contributed by atoms with Gasteiger partial charge in [0.2, 0.25) is 10.0 Å². The highest BCUT2D eigenvalue weighted by molar-refractivity contribution is 7.92. The van der Waals surface area contributed by atoms with Crippen molar-refractivity contribution < 1.29 is 22.0 Å². The lowest BCUT2D eigenvalue weighted by atomic mass is 10.1. The van der Waals surface area contributed by atoms with Crippen LogP contribution in [0.2, 0.25) is 0 Å². The predicted molar refractivity (Wildman–Crippen MR) is 119 cm³/mol. The molecule has 8 nitrogen and oxygen atoms in total. The third kappa shape index (κ3) is 5.33. The smallest absolute Gasteiger partial charge is 0.261 e. The lowest BCUT2D eigenvalue weighted by Crippen LogP contribution is -2.20. The Labute approximate surface area is 184 Å². The molecule has 0 fully saturated rings. The van der Waals surface area contributed by atoms with Crippen LogP contribution >= 0.6 is 0 Å². The van der Waals surface area contributed by atoms with Gasteiger partial charge in [0, 0.05) is 25.5 Å². The van der Waals surface area contributed by atoms with E-state index in [1.54, 1.807) is 38.1 Å². The number of amides is 1. The van der Waals surface area contributed by atoms with E-state index in [0.717, 1.165) is 12.1 Å².